The average Bonchev–Trinajstić information content (AvgIpc) is 2.56. The van der Waals surface area contributed by atoms with Crippen LogP contribution >= 0.6 is 15.9 Å². The smallest absolute Gasteiger partial charge is 0.409 e. The molecule has 0 aromatic heterocycles. The average molecular weight is 384 g/mol. The lowest BCUT2D eigenvalue weighted by molar-refractivity contribution is -0.144. The van der Waals surface area contributed by atoms with Gasteiger partial charge in [0, 0.05) is 36.3 Å². The molecule has 23 heavy (non-hydrogen) atoms. The highest BCUT2D eigenvalue weighted by Crippen LogP contribution is 2.14. The number of nitrogens with one attached hydrogen (secondary N) is 1. The number of hydrogen-bond donors (Lipinski definition) is 1. The van der Waals surface area contributed by atoms with E-state index in [0.717, 1.165) is 4.47 Å². The molecule has 1 heterocycles. The standard InChI is InChI=1S/C15H18BrN3O4/c1-2-23-15(22)19-9-7-18(8-10-19)14(21)13(20)17-12-5-3-11(16)4-6-12/h3-6H,2,7-10H2,1H3,(H,17,20). The summed E-state index contributed by atoms with van der Waals surface area (Å²) >= 11 is 3.30. The highest BCUT2D eigenvalue weighted by Gasteiger charge is 2.28. The van der Waals surface area contributed by atoms with Crippen molar-refractivity contribution in [1.29, 1.82) is 0 Å². The number of piperazine rings is 1. The van der Waals surface area contributed by atoms with Crippen molar-refractivity contribution in [2.45, 2.75) is 6.92 Å². The molecule has 8 heteroatoms. The zero-order valence-electron chi connectivity index (χ0n) is 12.8. The molecule has 0 unspecified atom stereocenters. The van der Waals surface area contributed by atoms with Crippen LogP contribution in [0.4, 0.5) is 10.5 Å². The quantitative estimate of drug-likeness (QED) is 0.788. The second kappa shape index (κ2) is 7.96. The molecule has 1 N–H and O–H groups in total. The number of halogens is 1. The summed E-state index contributed by atoms with van der Waals surface area (Å²) in [4.78, 5) is 38.7. The van der Waals surface area contributed by atoms with Gasteiger partial charge < -0.3 is 19.9 Å². The summed E-state index contributed by atoms with van der Waals surface area (Å²) in [5.74, 6) is -1.28. The van der Waals surface area contributed by atoms with Gasteiger partial charge in [-0.3, -0.25) is 9.59 Å². The molecule has 0 atom stereocenters. The summed E-state index contributed by atoms with van der Waals surface area (Å²) in [6, 6.07) is 6.96. The van der Waals surface area contributed by atoms with Crippen molar-refractivity contribution in [1.82, 2.24) is 9.80 Å². The Bertz CT molecular complexity index is 583. The maximum atomic E-state index is 12.1. The van der Waals surface area contributed by atoms with Crippen LogP contribution in [-0.2, 0) is 14.3 Å². The second-order valence-corrected chi connectivity index (χ2v) is 5.85. The molecule has 3 amide bonds. The third-order valence-electron chi connectivity index (χ3n) is 3.39. The fourth-order valence-electron chi connectivity index (χ4n) is 2.17. The Balaban J connectivity index is 1.85. The first-order chi connectivity index (χ1) is 11.0. The molecule has 1 fully saturated rings. The molecule has 2 rings (SSSR count). The van der Waals surface area contributed by atoms with E-state index < -0.39 is 11.8 Å². The van der Waals surface area contributed by atoms with Crippen LogP contribution in [0.3, 0.4) is 0 Å². The van der Waals surface area contributed by atoms with Crippen molar-refractivity contribution in [3.05, 3.63) is 28.7 Å². The van der Waals surface area contributed by atoms with Crippen LogP contribution in [-0.4, -0.2) is 60.5 Å². The number of nitrogens with zero attached hydrogens (tertiary/aromatic N) is 2. The number of carbonyl (C=O) groups excluding carboxylic acids is 3. The number of hydrogen-bond acceptors (Lipinski definition) is 4. The van der Waals surface area contributed by atoms with Gasteiger partial charge in [-0.15, -0.1) is 0 Å². The number of carbonyl (C=O) groups is 3. The molecule has 0 radical (unpaired) electrons. The Hall–Kier alpha value is -2.09. The molecule has 0 aliphatic carbocycles. The van der Waals surface area contributed by atoms with Crippen molar-refractivity contribution in [2.24, 2.45) is 0 Å². The molecule has 0 saturated carbocycles. The Labute approximate surface area is 142 Å². The van der Waals surface area contributed by atoms with E-state index in [4.69, 9.17) is 4.74 Å². The van der Waals surface area contributed by atoms with E-state index in [0.29, 0.717) is 38.5 Å². The third kappa shape index (κ3) is 4.69. The SMILES string of the molecule is CCOC(=O)N1CCN(C(=O)C(=O)Nc2ccc(Br)cc2)CC1. The molecule has 1 aliphatic heterocycles. The monoisotopic (exact) mass is 383 g/mol. The van der Waals surface area contributed by atoms with Gasteiger partial charge in [0.2, 0.25) is 0 Å². The van der Waals surface area contributed by atoms with Crippen LogP contribution in [0.1, 0.15) is 6.92 Å². The molecule has 0 spiro atoms. The molecule has 1 aliphatic rings. The van der Waals surface area contributed by atoms with E-state index in [9.17, 15) is 14.4 Å². The maximum absolute atomic E-state index is 12.1. The largest absolute Gasteiger partial charge is 0.450 e. The van der Waals surface area contributed by atoms with Crippen LogP contribution in [0.15, 0.2) is 28.7 Å². The zero-order chi connectivity index (χ0) is 16.8. The summed E-state index contributed by atoms with van der Waals surface area (Å²) in [6.07, 6.45) is -0.390. The molecular weight excluding hydrogens is 366 g/mol. The van der Waals surface area contributed by atoms with E-state index >= 15 is 0 Å². The van der Waals surface area contributed by atoms with Gasteiger partial charge in [0.25, 0.3) is 0 Å². The lowest BCUT2D eigenvalue weighted by atomic mass is 10.3. The second-order valence-electron chi connectivity index (χ2n) is 4.94. The number of rotatable bonds is 2. The maximum Gasteiger partial charge on any atom is 0.409 e. The zero-order valence-corrected chi connectivity index (χ0v) is 14.3. The van der Waals surface area contributed by atoms with Crippen LogP contribution in [0.5, 0.6) is 0 Å². The van der Waals surface area contributed by atoms with Crippen molar-refractivity contribution in [2.75, 3.05) is 38.1 Å². The van der Waals surface area contributed by atoms with E-state index in [1.165, 1.54) is 9.80 Å². The Morgan fingerprint density at radius 1 is 1.09 bits per heavy atom. The van der Waals surface area contributed by atoms with Gasteiger partial charge >= 0.3 is 17.9 Å². The summed E-state index contributed by atoms with van der Waals surface area (Å²) in [7, 11) is 0. The molecule has 1 aromatic carbocycles. The number of amides is 3. The first kappa shape index (κ1) is 17.3. The normalized spacial score (nSPS) is 14.3. The predicted octanol–water partition coefficient (Wildman–Crippen LogP) is 1.69. The molecule has 0 bridgehead atoms. The van der Waals surface area contributed by atoms with Crippen LogP contribution < -0.4 is 5.32 Å². The van der Waals surface area contributed by atoms with Crippen molar-refractivity contribution < 1.29 is 19.1 Å². The summed E-state index contributed by atoms with van der Waals surface area (Å²) in [5, 5.41) is 2.56. The number of anilines is 1. The fourth-order valence-corrected chi connectivity index (χ4v) is 2.43. The Morgan fingerprint density at radius 3 is 2.22 bits per heavy atom. The van der Waals surface area contributed by atoms with E-state index in [1.807, 2.05) is 0 Å². The minimum absolute atomic E-state index is 0.311. The lowest BCUT2D eigenvalue weighted by Crippen LogP contribution is -2.53. The van der Waals surface area contributed by atoms with Crippen LogP contribution in [0.2, 0.25) is 0 Å². The summed E-state index contributed by atoms with van der Waals surface area (Å²) in [6.45, 7) is 3.39. The Morgan fingerprint density at radius 2 is 1.65 bits per heavy atom. The minimum atomic E-state index is -0.683. The summed E-state index contributed by atoms with van der Waals surface area (Å²) in [5.41, 5.74) is 0.553. The predicted molar refractivity (Wildman–Crippen MR) is 87.9 cm³/mol. The van der Waals surface area contributed by atoms with Crippen molar-refractivity contribution in [3.63, 3.8) is 0 Å². The van der Waals surface area contributed by atoms with E-state index in [-0.39, 0.29) is 6.09 Å². The van der Waals surface area contributed by atoms with Crippen molar-refractivity contribution in [3.8, 4) is 0 Å². The van der Waals surface area contributed by atoms with Gasteiger partial charge in [0.1, 0.15) is 0 Å². The fraction of sp³-hybridized carbons (Fsp3) is 0.400. The van der Waals surface area contributed by atoms with Gasteiger partial charge in [-0.05, 0) is 31.2 Å². The lowest BCUT2D eigenvalue weighted by Gasteiger charge is -2.33. The third-order valence-corrected chi connectivity index (χ3v) is 3.92. The molecular formula is C15H18BrN3O4. The highest BCUT2D eigenvalue weighted by molar-refractivity contribution is 9.10. The summed E-state index contributed by atoms with van der Waals surface area (Å²) < 4.78 is 5.80. The highest BCUT2D eigenvalue weighted by atomic mass is 79.9. The van der Waals surface area contributed by atoms with Crippen LogP contribution in [0.25, 0.3) is 0 Å². The number of benzene rings is 1. The Kier molecular flexibility index (Phi) is 5.97. The van der Waals surface area contributed by atoms with Crippen molar-refractivity contribution >= 4 is 39.5 Å². The molecule has 1 saturated heterocycles. The first-order valence-corrected chi connectivity index (χ1v) is 8.08. The molecule has 124 valence electrons. The number of ether oxygens (including phenoxy) is 1. The van der Waals surface area contributed by atoms with Crippen LogP contribution in [0, 0.1) is 0 Å². The first-order valence-electron chi connectivity index (χ1n) is 7.28. The van der Waals surface area contributed by atoms with E-state index in [2.05, 4.69) is 21.2 Å². The minimum Gasteiger partial charge on any atom is -0.450 e. The molecule has 7 nitrogen and oxygen atoms in total. The van der Waals surface area contributed by atoms with Gasteiger partial charge in [0.15, 0.2) is 0 Å². The van der Waals surface area contributed by atoms with Gasteiger partial charge in [-0.2, -0.15) is 0 Å². The topological polar surface area (TPSA) is 79.0 Å². The van der Waals surface area contributed by atoms with Gasteiger partial charge in [0.05, 0.1) is 6.61 Å². The van der Waals surface area contributed by atoms with Gasteiger partial charge in [-0.1, -0.05) is 15.9 Å². The molecule has 1 aromatic rings. The van der Waals surface area contributed by atoms with Gasteiger partial charge in [-0.25, -0.2) is 4.79 Å². The van der Waals surface area contributed by atoms with E-state index in [1.54, 1.807) is 31.2 Å².